The van der Waals surface area contributed by atoms with Crippen LogP contribution in [0.2, 0.25) is 0 Å². The van der Waals surface area contributed by atoms with E-state index in [9.17, 15) is 4.79 Å². The summed E-state index contributed by atoms with van der Waals surface area (Å²) in [7, 11) is 0. The maximum absolute atomic E-state index is 11.4. The van der Waals surface area contributed by atoms with Gasteiger partial charge in [-0.2, -0.15) is 5.10 Å². The number of hydrogen-bond donors (Lipinski definition) is 2. The van der Waals surface area contributed by atoms with Gasteiger partial charge >= 0.3 is 0 Å². The quantitative estimate of drug-likeness (QED) is 0.466. The number of nitrogens with one attached hydrogen (secondary N) is 2. The molecule has 0 atom stereocenters. The molecule has 0 saturated carbocycles. The number of hydrogen-bond acceptors (Lipinski definition) is 4. The molecule has 0 aliphatic heterocycles. The van der Waals surface area contributed by atoms with Gasteiger partial charge in [0.15, 0.2) is 0 Å². The third kappa shape index (κ3) is 5.36. The van der Waals surface area contributed by atoms with Gasteiger partial charge in [-0.25, -0.2) is 10.4 Å². The lowest BCUT2D eigenvalue weighted by atomic mass is 10.0. The van der Waals surface area contributed by atoms with Crippen LogP contribution in [0.1, 0.15) is 49.9 Å². The molecule has 23 heavy (non-hydrogen) atoms. The summed E-state index contributed by atoms with van der Waals surface area (Å²) in [5, 5.41) is 4.29. The Kier molecular flexibility index (Phi) is 6.09. The highest BCUT2D eigenvalue weighted by molar-refractivity contribution is 5.99. The van der Waals surface area contributed by atoms with Gasteiger partial charge in [0.25, 0.3) is 5.56 Å². The molecule has 2 aromatic rings. The smallest absolute Gasteiger partial charge is 0.252 e. The van der Waals surface area contributed by atoms with Crippen LogP contribution in [0, 0.1) is 6.92 Å². The van der Waals surface area contributed by atoms with Crippen LogP contribution >= 0.6 is 0 Å². The van der Waals surface area contributed by atoms with Crippen molar-refractivity contribution in [3.8, 4) is 0 Å². The number of hydrazone groups is 1. The Bertz CT molecular complexity index is 717. The van der Waals surface area contributed by atoms with Gasteiger partial charge in [-0.1, -0.05) is 44.0 Å². The van der Waals surface area contributed by atoms with Crippen molar-refractivity contribution in [2.45, 2.75) is 46.5 Å². The van der Waals surface area contributed by atoms with Gasteiger partial charge in [0.2, 0.25) is 5.95 Å². The molecule has 0 aliphatic carbocycles. The maximum atomic E-state index is 11.4. The Balaban J connectivity index is 2.01. The number of unbranched alkanes of at least 4 members (excludes halogenated alkanes) is 2. The summed E-state index contributed by atoms with van der Waals surface area (Å²) in [4.78, 5) is 18.2. The second-order valence-corrected chi connectivity index (χ2v) is 5.70. The first kappa shape index (κ1) is 16.9. The van der Waals surface area contributed by atoms with Gasteiger partial charge in [0, 0.05) is 11.8 Å². The standard InChI is InChI=1S/C18H24N4O/c1-4-5-6-7-15-8-10-16(11-9-15)14(3)21-22-18-19-13(2)12-17(23)20-18/h8-12H,4-7H2,1-3H3,(H2,19,20,22,23)/b21-14-. The molecule has 0 spiro atoms. The number of H-pyrrole nitrogens is 1. The molecule has 5 nitrogen and oxygen atoms in total. The van der Waals surface area contributed by atoms with Gasteiger partial charge in [0.05, 0.1) is 5.71 Å². The molecule has 2 N–H and O–H groups in total. The highest BCUT2D eigenvalue weighted by atomic mass is 16.1. The van der Waals surface area contributed by atoms with Gasteiger partial charge in [-0.3, -0.25) is 9.78 Å². The highest BCUT2D eigenvalue weighted by Gasteiger charge is 2.00. The maximum Gasteiger partial charge on any atom is 0.252 e. The number of anilines is 1. The van der Waals surface area contributed by atoms with Crippen molar-refractivity contribution in [3.63, 3.8) is 0 Å². The van der Waals surface area contributed by atoms with E-state index in [-0.39, 0.29) is 5.56 Å². The molecule has 0 amide bonds. The zero-order valence-corrected chi connectivity index (χ0v) is 14.0. The van der Waals surface area contributed by atoms with E-state index in [1.807, 2.05) is 6.92 Å². The van der Waals surface area contributed by atoms with Crippen molar-refractivity contribution in [3.05, 3.63) is 57.5 Å². The van der Waals surface area contributed by atoms with Crippen LogP contribution in [0.15, 0.2) is 40.2 Å². The minimum atomic E-state index is -0.190. The molecule has 0 fully saturated rings. The summed E-state index contributed by atoms with van der Waals surface area (Å²) in [6.07, 6.45) is 4.87. The molecule has 0 unspecified atom stereocenters. The second-order valence-electron chi connectivity index (χ2n) is 5.70. The van der Waals surface area contributed by atoms with Crippen molar-refractivity contribution in [2.75, 3.05) is 5.43 Å². The monoisotopic (exact) mass is 312 g/mol. The van der Waals surface area contributed by atoms with E-state index in [4.69, 9.17) is 0 Å². The van der Waals surface area contributed by atoms with Crippen molar-refractivity contribution in [1.29, 1.82) is 0 Å². The SMILES string of the molecule is CCCCCc1ccc(/C(C)=N\Nc2nc(C)cc(=O)[nH]2)cc1. The zero-order valence-electron chi connectivity index (χ0n) is 14.0. The number of aromatic amines is 1. The lowest BCUT2D eigenvalue weighted by Crippen LogP contribution is -2.11. The average molecular weight is 312 g/mol. The Labute approximate surface area is 136 Å². The minimum Gasteiger partial charge on any atom is -0.291 e. The van der Waals surface area contributed by atoms with Crippen molar-refractivity contribution < 1.29 is 0 Å². The number of aromatic nitrogens is 2. The summed E-state index contributed by atoms with van der Waals surface area (Å²) in [5.74, 6) is 0.352. The fourth-order valence-electron chi connectivity index (χ4n) is 2.33. The predicted octanol–water partition coefficient (Wildman–Crippen LogP) is 3.65. The Morgan fingerprint density at radius 3 is 2.65 bits per heavy atom. The van der Waals surface area contributed by atoms with E-state index in [0.29, 0.717) is 11.6 Å². The molecule has 0 saturated heterocycles. The molecular weight excluding hydrogens is 288 g/mol. The molecule has 0 radical (unpaired) electrons. The first-order chi connectivity index (χ1) is 11.1. The third-order valence-corrected chi connectivity index (χ3v) is 3.64. The predicted molar refractivity (Wildman–Crippen MR) is 95.1 cm³/mol. The summed E-state index contributed by atoms with van der Waals surface area (Å²) in [6, 6.07) is 9.90. The molecule has 2 rings (SSSR count). The van der Waals surface area contributed by atoms with E-state index in [1.165, 1.54) is 30.9 Å². The van der Waals surface area contributed by atoms with E-state index in [1.54, 1.807) is 6.92 Å². The summed E-state index contributed by atoms with van der Waals surface area (Å²) >= 11 is 0. The second kappa shape index (κ2) is 8.27. The molecule has 5 heteroatoms. The minimum absolute atomic E-state index is 0.190. The molecule has 1 aromatic heterocycles. The summed E-state index contributed by atoms with van der Waals surface area (Å²) < 4.78 is 0. The molecule has 0 bridgehead atoms. The van der Waals surface area contributed by atoms with Crippen LogP contribution in [0.4, 0.5) is 5.95 Å². The van der Waals surface area contributed by atoms with Gasteiger partial charge in [-0.15, -0.1) is 0 Å². The van der Waals surface area contributed by atoms with Crippen LogP contribution in [0.5, 0.6) is 0 Å². The van der Waals surface area contributed by atoms with Crippen LogP contribution in [0.3, 0.4) is 0 Å². The van der Waals surface area contributed by atoms with Crippen LogP contribution in [-0.2, 0) is 6.42 Å². The number of aryl methyl sites for hydroxylation is 2. The molecule has 1 heterocycles. The average Bonchev–Trinajstić information content (AvgIpc) is 2.53. The number of benzene rings is 1. The first-order valence-electron chi connectivity index (χ1n) is 8.06. The molecular formula is C18H24N4O. The Morgan fingerprint density at radius 1 is 1.26 bits per heavy atom. The topological polar surface area (TPSA) is 70.1 Å². The van der Waals surface area contributed by atoms with Gasteiger partial charge < -0.3 is 0 Å². The van der Waals surface area contributed by atoms with Crippen LogP contribution < -0.4 is 11.0 Å². The molecule has 1 aromatic carbocycles. The number of nitrogens with zero attached hydrogens (tertiary/aromatic N) is 2. The van der Waals surface area contributed by atoms with E-state index < -0.39 is 0 Å². The largest absolute Gasteiger partial charge is 0.291 e. The zero-order chi connectivity index (χ0) is 16.7. The van der Waals surface area contributed by atoms with E-state index in [0.717, 1.165) is 17.7 Å². The number of rotatable bonds is 7. The van der Waals surface area contributed by atoms with Crippen molar-refractivity contribution in [2.24, 2.45) is 5.10 Å². The highest BCUT2D eigenvalue weighted by Crippen LogP contribution is 2.10. The Hall–Kier alpha value is -2.43. The molecule has 122 valence electrons. The fraction of sp³-hybridized carbons (Fsp3) is 0.389. The van der Waals surface area contributed by atoms with E-state index >= 15 is 0 Å². The Morgan fingerprint density at radius 2 is 2.00 bits per heavy atom. The van der Waals surface area contributed by atoms with Gasteiger partial charge in [0.1, 0.15) is 0 Å². The van der Waals surface area contributed by atoms with Crippen molar-refractivity contribution >= 4 is 11.7 Å². The van der Waals surface area contributed by atoms with E-state index in [2.05, 4.69) is 51.7 Å². The third-order valence-electron chi connectivity index (χ3n) is 3.64. The summed E-state index contributed by atoms with van der Waals surface area (Å²) in [5.41, 5.74) is 6.51. The molecule has 0 aliphatic rings. The van der Waals surface area contributed by atoms with Gasteiger partial charge in [-0.05, 0) is 37.8 Å². The van der Waals surface area contributed by atoms with Crippen LogP contribution in [0.25, 0.3) is 0 Å². The lowest BCUT2D eigenvalue weighted by molar-refractivity contribution is 0.717. The summed E-state index contributed by atoms with van der Waals surface area (Å²) in [6.45, 7) is 5.91. The fourth-order valence-corrected chi connectivity index (χ4v) is 2.33. The van der Waals surface area contributed by atoms with Crippen molar-refractivity contribution in [1.82, 2.24) is 9.97 Å². The van der Waals surface area contributed by atoms with Crippen LogP contribution in [-0.4, -0.2) is 15.7 Å². The first-order valence-corrected chi connectivity index (χ1v) is 8.06. The normalized spacial score (nSPS) is 11.5. The lowest BCUT2D eigenvalue weighted by Gasteiger charge is -2.05.